The van der Waals surface area contributed by atoms with Crippen LogP contribution in [0, 0.1) is 10.1 Å². The molecule has 0 radical (unpaired) electrons. The lowest BCUT2D eigenvalue weighted by molar-refractivity contribution is -0.384. The molecule has 2 saturated heterocycles. The highest BCUT2D eigenvalue weighted by molar-refractivity contribution is 7.89. The minimum Gasteiger partial charge on any atom is -0.364 e. The number of carbonyl (C=O) groups excluding carboxylic acids is 2. The van der Waals surface area contributed by atoms with Crippen molar-refractivity contribution in [1.82, 2.24) is 18.7 Å². The first-order chi connectivity index (χ1) is 17.0. The zero-order chi connectivity index (χ0) is 26.2. The number of piperazine rings is 2. The molecule has 194 valence electrons. The van der Waals surface area contributed by atoms with E-state index >= 15 is 0 Å². The molecule has 2 fully saturated rings. The van der Waals surface area contributed by atoms with Crippen molar-refractivity contribution in [3.63, 3.8) is 0 Å². The monoisotopic (exact) mass is 519 g/mol. The van der Waals surface area contributed by atoms with Gasteiger partial charge in [-0.2, -0.15) is 4.31 Å². The molecule has 2 N–H and O–H groups in total. The topological polar surface area (TPSA) is 155 Å². The fourth-order valence-corrected chi connectivity index (χ4v) is 5.99. The number of amides is 2. The summed E-state index contributed by atoms with van der Waals surface area (Å²) in [7, 11) is -0.354. The van der Waals surface area contributed by atoms with Gasteiger partial charge < -0.3 is 25.0 Å². The van der Waals surface area contributed by atoms with Gasteiger partial charge in [-0.05, 0) is 25.2 Å². The molecular weight excluding hydrogens is 490 g/mol. The van der Waals surface area contributed by atoms with Crippen molar-refractivity contribution in [2.75, 3.05) is 64.3 Å². The number of nitro groups is 1. The Kier molecular flexibility index (Phi) is 7.02. The molecule has 2 aliphatic heterocycles. The fourth-order valence-electron chi connectivity index (χ4n) is 4.50. The molecule has 0 atom stereocenters. The van der Waals surface area contributed by atoms with E-state index in [1.165, 1.54) is 39.1 Å². The van der Waals surface area contributed by atoms with E-state index < -0.39 is 26.8 Å². The first-order valence-electron chi connectivity index (χ1n) is 11.5. The number of hydrogen-bond donors (Lipinski definition) is 1. The second-order valence-electron chi connectivity index (χ2n) is 8.98. The van der Waals surface area contributed by atoms with Crippen LogP contribution in [0.5, 0.6) is 0 Å². The van der Waals surface area contributed by atoms with E-state index in [0.717, 1.165) is 13.1 Å². The van der Waals surface area contributed by atoms with Crippen LogP contribution in [-0.2, 0) is 17.1 Å². The maximum Gasteiger partial charge on any atom is 0.293 e. The van der Waals surface area contributed by atoms with Gasteiger partial charge in [0.15, 0.2) is 0 Å². The first-order valence-corrected chi connectivity index (χ1v) is 12.9. The summed E-state index contributed by atoms with van der Waals surface area (Å²) in [5, 5.41) is 11.8. The summed E-state index contributed by atoms with van der Waals surface area (Å²) >= 11 is 0. The third kappa shape index (κ3) is 4.92. The average Bonchev–Trinajstić information content (AvgIpc) is 3.26. The number of aryl methyl sites for hydroxylation is 1. The van der Waals surface area contributed by atoms with Crippen LogP contribution in [0.3, 0.4) is 0 Å². The number of nitro benzene ring substituents is 1. The number of rotatable bonds is 6. The Balaban J connectivity index is 1.46. The van der Waals surface area contributed by atoms with E-state index in [2.05, 4.69) is 4.90 Å². The van der Waals surface area contributed by atoms with E-state index in [1.807, 2.05) is 11.9 Å². The van der Waals surface area contributed by atoms with Crippen LogP contribution in [0.25, 0.3) is 0 Å². The van der Waals surface area contributed by atoms with Crippen LogP contribution in [0.4, 0.5) is 11.4 Å². The molecule has 2 aliphatic rings. The number of hydrogen-bond acceptors (Lipinski definition) is 8. The zero-order valence-electron chi connectivity index (χ0n) is 20.2. The molecular formula is C22H29N7O6S. The highest BCUT2D eigenvalue weighted by Crippen LogP contribution is 2.31. The van der Waals surface area contributed by atoms with Gasteiger partial charge in [0, 0.05) is 77.2 Å². The lowest BCUT2D eigenvalue weighted by Crippen LogP contribution is -2.50. The summed E-state index contributed by atoms with van der Waals surface area (Å²) < 4.78 is 28.6. The standard InChI is InChI=1S/C22H29N7O6S/c1-24-5-7-26(8-6-24)18-4-3-16(13-19(18)29(32)33)22(31)27-9-11-28(12-10-27)36(34,35)17-14-20(21(23)30)25(2)15-17/h3-4,13-15H,5-12H2,1-2H3,(H2,23,30). The van der Waals surface area contributed by atoms with Gasteiger partial charge in [-0.15, -0.1) is 0 Å². The third-order valence-electron chi connectivity index (χ3n) is 6.66. The van der Waals surface area contributed by atoms with Crippen molar-refractivity contribution in [3.05, 3.63) is 51.8 Å². The number of anilines is 1. The van der Waals surface area contributed by atoms with Crippen LogP contribution in [-0.4, -0.2) is 103 Å². The smallest absolute Gasteiger partial charge is 0.293 e. The van der Waals surface area contributed by atoms with Gasteiger partial charge in [0.2, 0.25) is 10.0 Å². The van der Waals surface area contributed by atoms with E-state index in [9.17, 15) is 28.1 Å². The number of nitrogens with two attached hydrogens (primary N) is 1. The predicted octanol–water partition coefficient (Wildman–Crippen LogP) is -0.0693. The van der Waals surface area contributed by atoms with Gasteiger partial charge in [0.1, 0.15) is 16.3 Å². The van der Waals surface area contributed by atoms with Gasteiger partial charge in [-0.25, -0.2) is 8.42 Å². The number of sulfonamides is 1. The van der Waals surface area contributed by atoms with Crippen LogP contribution >= 0.6 is 0 Å². The summed E-state index contributed by atoms with van der Waals surface area (Å²) in [4.78, 5) is 41.4. The van der Waals surface area contributed by atoms with E-state index in [1.54, 1.807) is 12.1 Å². The number of aromatic nitrogens is 1. The summed E-state index contributed by atoms with van der Waals surface area (Å²) in [5.74, 6) is -1.13. The Morgan fingerprint density at radius 1 is 0.972 bits per heavy atom. The molecule has 3 heterocycles. The summed E-state index contributed by atoms with van der Waals surface area (Å²) in [6, 6.07) is 5.73. The largest absolute Gasteiger partial charge is 0.364 e. The molecule has 0 saturated carbocycles. The van der Waals surface area contributed by atoms with Gasteiger partial charge in [-0.1, -0.05) is 0 Å². The highest BCUT2D eigenvalue weighted by atomic mass is 32.2. The lowest BCUT2D eigenvalue weighted by atomic mass is 10.1. The summed E-state index contributed by atoms with van der Waals surface area (Å²) in [6.07, 6.45) is 1.33. The molecule has 36 heavy (non-hydrogen) atoms. The number of likely N-dealkylation sites (N-methyl/N-ethyl adjacent to an activating group) is 1. The van der Waals surface area contributed by atoms with Gasteiger partial charge >= 0.3 is 0 Å². The predicted molar refractivity (Wildman–Crippen MR) is 131 cm³/mol. The maximum absolute atomic E-state index is 13.1. The van der Waals surface area contributed by atoms with Crippen molar-refractivity contribution < 1.29 is 22.9 Å². The van der Waals surface area contributed by atoms with Crippen LogP contribution in [0.2, 0.25) is 0 Å². The SMILES string of the molecule is CN1CCN(c2ccc(C(=O)N3CCN(S(=O)(=O)c4cc(C(N)=O)n(C)c4)CC3)cc2[N+](=O)[O-])CC1. The van der Waals surface area contributed by atoms with Crippen molar-refractivity contribution in [3.8, 4) is 0 Å². The Hall–Kier alpha value is -3.49. The summed E-state index contributed by atoms with van der Waals surface area (Å²) in [5.41, 5.74) is 5.90. The normalized spacial score (nSPS) is 17.8. The van der Waals surface area contributed by atoms with Crippen molar-refractivity contribution >= 4 is 33.2 Å². The van der Waals surface area contributed by atoms with Crippen molar-refractivity contribution in [1.29, 1.82) is 0 Å². The second kappa shape index (κ2) is 9.87. The Bertz CT molecular complexity index is 1290. The van der Waals surface area contributed by atoms with Crippen LogP contribution < -0.4 is 10.6 Å². The molecule has 2 aromatic rings. The van der Waals surface area contributed by atoms with E-state index in [-0.39, 0.29) is 48.0 Å². The Morgan fingerprint density at radius 2 is 1.61 bits per heavy atom. The van der Waals surface area contributed by atoms with E-state index in [4.69, 9.17) is 5.73 Å². The van der Waals surface area contributed by atoms with Gasteiger partial charge in [-0.3, -0.25) is 19.7 Å². The third-order valence-corrected chi connectivity index (χ3v) is 8.52. The number of primary amides is 1. The molecule has 2 amide bonds. The zero-order valence-corrected chi connectivity index (χ0v) is 21.0. The van der Waals surface area contributed by atoms with Crippen molar-refractivity contribution in [2.24, 2.45) is 12.8 Å². The highest BCUT2D eigenvalue weighted by Gasteiger charge is 2.33. The fraction of sp³-hybridized carbons (Fsp3) is 0.455. The molecule has 13 nitrogen and oxygen atoms in total. The minimum absolute atomic E-state index is 0.0475. The molecule has 14 heteroatoms. The van der Waals surface area contributed by atoms with Crippen LogP contribution in [0.15, 0.2) is 35.4 Å². The molecule has 1 aromatic carbocycles. The average molecular weight is 520 g/mol. The van der Waals surface area contributed by atoms with Gasteiger partial charge in [0.25, 0.3) is 17.5 Å². The molecule has 0 spiro atoms. The molecule has 1 aromatic heterocycles. The molecule has 0 bridgehead atoms. The molecule has 0 unspecified atom stereocenters. The Labute approximate surface area is 208 Å². The maximum atomic E-state index is 13.1. The number of nitrogens with zero attached hydrogens (tertiary/aromatic N) is 6. The molecule has 4 rings (SSSR count). The Morgan fingerprint density at radius 3 is 2.17 bits per heavy atom. The number of benzene rings is 1. The summed E-state index contributed by atoms with van der Waals surface area (Å²) in [6.45, 7) is 3.25. The first kappa shape index (κ1) is 25.6. The lowest BCUT2D eigenvalue weighted by Gasteiger charge is -2.34. The second-order valence-corrected chi connectivity index (χ2v) is 10.9. The van der Waals surface area contributed by atoms with Crippen LogP contribution in [0.1, 0.15) is 20.8 Å². The van der Waals surface area contributed by atoms with Crippen molar-refractivity contribution in [2.45, 2.75) is 4.90 Å². The number of carbonyl (C=O) groups is 2. The molecule has 0 aliphatic carbocycles. The quantitative estimate of drug-likeness (QED) is 0.411. The van der Waals surface area contributed by atoms with Gasteiger partial charge in [0.05, 0.1) is 4.92 Å². The minimum atomic E-state index is -3.88. The van der Waals surface area contributed by atoms with E-state index in [0.29, 0.717) is 18.8 Å².